The van der Waals surface area contributed by atoms with Crippen LogP contribution < -0.4 is 0 Å². The summed E-state index contributed by atoms with van der Waals surface area (Å²) in [6.07, 6.45) is 1.74. The van der Waals surface area contributed by atoms with Crippen molar-refractivity contribution in [3.63, 3.8) is 0 Å². The van der Waals surface area contributed by atoms with Crippen LogP contribution in [0.3, 0.4) is 0 Å². The van der Waals surface area contributed by atoms with Crippen LogP contribution >= 0.6 is 23.1 Å². The van der Waals surface area contributed by atoms with E-state index in [1.807, 2.05) is 23.6 Å². The second-order valence-electron chi connectivity index (χ2n) is 4.60. The molecule has 1 aromatic heterocycles. The second-order valence-corrected chi connectivity index (χ2v) is 6.57. The zero-order valence-corrected chi connectivity index (χ0v) is 13.0. The van der Waals surface area contributed by atoms with E-state index in [4.69, 9.17) is 5.26 Å². The summed E-state index contributed by atoms with van der Waals surface area (Å²) in [4.78, 5) is 27.0. The summed E-state index contributed by atoms with van der Waals surface area (Å²) in [5, 5.41) is 10.5. The number of hydrogen-bond donors (Lipinski definition) is 0. The van der Waals surface area contributed by atoms with Crippen molar-refractivity contribution >= 4 is 40.3 Å². The maximum absolute atomic E-state index is 12.4. The SMILES string of the molecule is N#Cc1cccc(CN2C(=O)S/C(=C\c3cccs3)C2=O)c1. The van der Waals surface area contributed by atoms with Gasteiger partial charge in [-0.2, -0.15) is 5.26 Å². The highest BCUT2D eigenvalue weighted by Crippen LogP contribution is 2.33. The van der Waals surface area contributed by atoms with Crippen molar-refractivity contribution in [2.24, 2.45) is 0 Å². The molecule has 0 bridgehead atoms. The van der Waals surface area contributed by atoms with Crippen molar-refractivity contribution in [1.29, 1.82) is 5.26 Å². The number of carbonyl (C=O) groups excluding carboxylic acids is 2. The number of hydrogen-bond acceptors (Lipinski definition) is 5. The van der Waals surface area contributed by atoms with Crippen molar-refractivity contribution in [3.8, 4) is 6.07 Å². The van der Waals surface area contributed by atoms with Gasteiger partial charge in [0.2, 0.25) is 0 Å². The molecule has 1 aliphatic heterocycles. The average Bonchev–Trinajstić information content (AvgIpc) is 3.12. The van der Waals surface area contributed by atoms with Crippen LogP contribution in [0.5, 0.6) is 0 Å². The summed E-state index contributed by atoms with van der Waals surface area (Å²) in [5.41, 5.74) is 1.28. The van der Waals surface area contributed by atoms with Crippen molar-refractivity contribution in [2.75, 3.05) is 0 Å². The monoisotopic (exact) mass is 326 g/mol. The molecule has 1 fully saturated rings. The molecule has 22 heavy (non-hydrogen) atoms. The molecule has 0 saturated carbocycles. The van der Waals surface area contributed by atoms with Crippen LogP contribution in [-0.2, 0) is 11.3 Å². The predicted octanol–water partition coefficient (Wildman–Crippen LogP) is 3.86. The van der Waals surface area contributed by atoms with Gasteiger partial charge in [0.25, 0.3) is 11.1 Å². The lowest BCUT2D eigenvalue weighted by atomic mass is 10.1. The highest BCUT2D eigenvalue weighted by Gasteiger charge is 2.35. The Hall–Kier alpha value is -2.36. The number of rotatable bonds is 3. The fourth-order valence-corrected chi connectivity index (χ4v) is 3.62. The van der Waals surface area contributed by atoms with E-state index in [-0.39, 0.29) is 17.7 Å². The topological polar surface area (TPSA) is 61.2 Å². The van der Waals surface area contributed by atoms with E-state index >= 15 is 0 Å². The largest absolute Gasteiger partial charge is 0.293 e. The number of thiophene rings is 1. The molecule has 2 aromatic rings. The second kappa shape index (κ2) is 6.18. The highest BCUT2D eigenvalue weighted by atomic mass is 32.2. The summed E-state index contributed by atoms with van der Waals surface area (Å²) in [6.45, 7) is 0.183. The zero-order chi connectivity index (χ0) is 15.5. The van der Waals surface area contributed by atoms with Crippen molar-refractivity contribution in [2.45, 2.75) is 6.54 Å². The van der Waals surface area contributed by atoms with Crippen LogP contribution in [0.1, 0.15) is 16.0 Å². The van der Waals surface area contributed by atoms with E-state index in [2.05, 4.69) is 0 Å². The minimum atomic E-state index is -0.286. The molecule has 4 nitrogen and oxygen atoms in total. The standard InChI is InChI=1S/C16H10N2O2S2/c17-9-11-3-1-4-12(7-11)10-18-15(19)14(22-16(18)20)8-13-5-2-6-21-13/h1-8H,10H2/b14-8-. The molecule has 3 rings (SSSR count). The van der Waals surface area contributed by atoms with Crippen LogP contribution in [0.15, 0.2) is 46.7 Å². The van der Waals surface area contributed by atoms with Gasteiger partial charge in [0, 0.05) is 4.88 Å². The van der Waals surface area contributed by atoms with E-state index in [1.54, 1.807) is 30.3 Å². The maximum Gasteiger partial charge on any atom is 0.293 e. The zero-order valence-electron chi connectivity index (χ0n) is 11.4. The van der Waals surface area contributed by atoms with E-state index in [0.717, 1.165) is 22.2 Å². The molecule has 0 spiro atoms. The summed E-state index contributed by atoms with van der Waals surface area (Å²) in [5.74, 6) is -0.286. The lowest BCUT2D eigenvalue weighted by Crippen LogP contribution is -2.27. The molecular formula is C16H10N2O2S2. The number of nitriles is 1. The van der Waals surface area contributed by atoms with E-state index in [9.17, 15) is 9.59 Å². The van der Waals surface area contributed by atoms with Gasteiger partial charge in [0.15, 0.2) is 0 Å². The first-order valence-corrected chi connectivity index (χ1v) is 8.15. The Kier molecular flexibility index (Phi) is 4.09. The quantitative estimate of drug-likeness (QED) is 0.804. The smallest absolute Gasteiger partial charge is 0.268 e. The predicted molar refractivity (Wildman–Crippen MR) is 87.0 cm³/mol. The third kappa shape index (κ3) is 2.96. The summed E-state index contributed by atoms with van der Waals surface area (Å²) in [7, 11) is 0. The Morgan fingerprint density at radius 2 is 2.09 bits per heavy atom. The van der Waals surface area contributed by atoms with Gasteiger partial charge in [0.05, 0.1) is 23.1 Å². The molecule has 6 heteroatoms. The van der Waals surface area contributed by atoms with Crippen LogP contribution in [-0.4, -0.2) is 16.0 Å². The molecule has 1 aromatic carbocycles. The molecule has 108 valence electrons. The van der Waals surface area contributed by atoms with Gasteiger partial charge < -0.3 is 0 Å². The Morgan fingerprint density at radius 1 is 1.23 bits per heavy atom. The third-order valence-electron chi connectivity index (χ3n) is 3.09. The number of carbonyl (C=O) groups is 2. The molecule has 1 aliphatic rings. The Labute approximate surface area is 135 Å². The van der Waals surface area contributed by atoms with Crippen molar-refractivity contribution < 1.29 is 9.59 Å². The summed E-state index contributed by atoms with van der Waals surface area (Å²) >= 11 is 2.46. The van der Waals surface area contributed by atoms with E-state index in [0.29, 0.717) is 10.5 Å². The first-order chi connectivity index (χ1) is 10.7. The first kappa shape index (κ1) is 14.6. The Balaban J connectivity index is 1.81. The molecule has 0 unspecified atom stereocenters. The number of nitrogens with zero attached hydrogens (tertiary/aromatic N) is 2. The van der Waals surface area contributed by atoms with Gasteiger partial charge in [0.1, 0.15) is 0 Å². The van der Waals surface area contributed by atoms with Gasteiger partial charge >= 0.3 is 0 Å². The maximum atomic E-state index is 12.4. The normalized spacial score (nSPS) is 16.3. The summed E-state index contributed by atoms with van der Waals surface area (Å²) < 4.78 is 0. The molecule has 2 heterocycles. The first-order valence-electron chi connectivity index (χ1n) is 6.45. The molecular weight excluding hydrogens is 316 g/mol. The molecule has 1 saturated heterocycles. The van der Waals surface area contributed by atoms with Gasteiger partial charge in [-0.3, -0.25) is 14.5 Å². The Morgan fingerprint density at radius 3 is 2.82 bits per heavy atom. The van der Waals surface area contributed by atoms with E-state index < -0.39 is 0 Å². The minimum Gasteiger partial charge on any atom is -0.268 e. The van der Waals surface area contributed by atoms with Crippen LogP contribution in [0.4, 0.5) is 4.79 Å². The fourth-order valence-electron chi connectivity index (χ4n) is 2.06. The van der Waals surface area contributed by atoms with Gasteiger partial charge in [-0.05, 0) is 47.0 Å². The highest BCUT2D eigenvalue weighted by molar-refractivity contribution is 8.18. The van der Waals surface area contributed by atoms with Crippen LogP contribution in [0, 0.1) is 11.3 Å². The number of thioether (sulfide) groups is 1. The minimum absolute atomic E-state index is 0.183. The lowest BCUT2D eigenvalue weighted by molar-refractivity contribution is -0.123. The van der Waals surface area contributed by atoms with Gasteiger partial charge in [-0.1, -0.05) is 18.2 Å². The van der Waals surface area contributed by atoms with Gasteiger partial charge in [-0.25, -0.2) is 0 Å². The average molecular weight is 326 g/mol. The van der Waals surface area contributed by atoms with Gasteiger partial charge in [-0.15, -0.1) is 11.3 Å². The van der Waals surface area contributed by atoms with Crippen LogP contribution in [0.2, 0.25) is 0 Å². The number of imide groups is 1. The lowest BCUT2D eigenvalue weighted by Gasteiger charge is -2.12. The molecule has 2 amide bonds. The number of benzene rings is 1. The molecule has 0 radical (unpaired) electrons. The molecule has 0 aliphatic carbocycles. The molecule has 0 N–H and O–H groups in total. The van der Waals surface area contributed by atoms with Crippen molar-refractivity contribution in [3.05, 3.63) is 62.7 Å². The Bertz CT molecular complexity index is 804. The number of amides is 2. The third-order valence-corrected chi connectivity index (χ3v) is 4.81. The van der Waals surface area contributed by atoms with Crippen LogP contribution in [0.25, 0.3) is 6.08 Å². The van der Waals surface area contributed by atoms with E-state index in [1.165, 1.54) is 16.2 Å². The van der Waals surface area contributed by atoms with Crippen molar-refractivity contribution in [1.82, 2.24) is 4.90 Å². The fraction of sp³-hybridized carbons (Fsp3) is 0.0625. The molecule has 0 atom stereocenters. The summed E-state index contributed by atoms with van der Waals surface area (Å²) in [6, 6.07) is 12.8.